The van der Waals surface area contributed by atoms with Crippen molar-refractivity contribution in [3.05, 3.63) is 17.2 Å². The van der Waals surface area contributed by atoms with E-state index in [1.807, 2.05) is 4.90 Å². The Hall–Kier alpha value is -1.62. The molecule has 1 N–H and O–H groups in total. The summed E-state index contributed by atoms with van der Waals surface area (Å²) in [6, 6.07) is 3.21. The highest BCUT2D eigenvalue weighted by Crippen LogP contribution is 2.36. The lowest BCUT2D eigenvalue weighted by atomic mass is 9.96. The molecular weight excluding hydrogens is 304 g/mol. The van der Waals surface area contributed by atoms with E-state index in [1.165, 1.54) is 13.5 Å². The number of nitrogens with one attached hydrogen (secondary N) is 1. The lowest BCUT2D eigenvalue weighted by Crippen LogP contribution is -2.42. The summed E-state index contributed by atoms with van der Waals surface area (Å²) >= 11 is 6.13. The summed E-state index contributed by atoms with van der Waals surface area (Å²) in [4.78, 5) is 14.3. The van der Waals surface area contributed by atoms with Crippen molar-refractivity contribution in [2.75, 3.05) is 32.6 Å². The van der Waals surface area contributed by atoms with Gasteiger partial charge in [0.05, 0.1) is 24.9 Å². The summed E-state index contributed by atoms with van der Waals surface area (Å²) in [7, 11) is 3.09. The lowest BCUT2D eigenvalue weighted by Gasteiger charge is -2.32. The minimum absolute atomic E-state index is 0.113. The minimum Gasteiger partial charge on any atom is -0.495 e. The Morgan fingerprint density at radius 2 is 2.09 bits per heavy atom. The highest BCUT2D eigenvalue weighted by atomic mass is 35.5. The molecule has 122 valence electrons. The van der Waals surface area contributed by atoms with Gasteiger partial charge in [0.15, 0.2) is 0 Å². The molecule has 1 heterocycles. The van der Waals surface area contributed by atoms with E-state index in [9.17, 15) is 4.79 Å². The van der Waals surface area contributed by atoms with Gasteiger partial charge < -0.3 is 19.7 Å². The molecule has 1 aliphatic heterocycles. The highest BCUT2D eigenvalue weighted by molar-refractivity contribution is 6.32. The van der Waals surface area contributed by atoms with Crippen LogP contribution >= 0.6 is 11.6 Å². The van der Waals surface area contributed by atoms with Crippen LogP contribution in [0.25, 0.3) is 0 Å². The van der Waals surface area contributed by atoms with E-state index in [4.69, 9.17) is 21.1 Å². The van der Waals surface area contributed by atoms with E-state index in [0.717, 1.165) is 25.9 Å². The normalized spacial score (nSPS) is 18.0. The SMILES string of the molecule is CCC1CCCN(C(=O)Nc2cc(Cl)c(OC)cc2OC)C1. The van der Waals surface area contributed by atoms with Gasteiger partial charge in [-0.25, -0.2) is 4.79 Å². The van der Waals surface area contributed by atoms with Gasteiger partial charge >= 0.3 is 6.03 Å². The molecule has 0 saturated carbocycles. The Morgan fingerprint density at radius 1 is 1.36 bits per heavy atom. The Bertz CT molecular complexity index is 536. The highest BCUT2D eigenvalue weighted by Gasteiger charge is 2.23. The molecule has 0 aromatic heterocycles. The molecule has 2 rings (SSSR count). The van der Waals surface area contributed by atoms with Gasteiger partial charge in [-0.1, -0.05) is 24.9 Å². The first kappa shape index (κ1) is 16.7. The van der Waals surface area contributed by atoms with Crippen LogP contribution in [0.3, 0.4) is 0 Å². The van der Waals surface area contributed by atoms with Crippen molar-refractivity contribution >= 4 is 23.3 Å². The van der Waals surface area contributed by atoms with Crippen LogP contribution in [0, 0.1) is 5.92 Å². The monoisotopic (exact) mass is 326 g/mol. The Morgan fingerprint density at radius 3 is 2.73 bits per heavy atom. The van der Waals surface area contributed by atoms with Crippen molar-refractivity contribution in [2.24, 2.45) is 5.92 Å². The summed E-state index contributed by atoms with van der Waals surface area (Å²) in [5, 5.41) is 3.32. The van der Waals surface area contributed by atoms with Crippen LogP contribution in [0.5, 0.6) is 11.5 Å². The van der Waals surface area contributed by atoms with Crippen LogP contribution in [0.4, 0.5) is 10.5 Å². The molecule has 1 aromatic carbocycles. The molecule has 1 fully saturated rings. The number of nitrogens with zero attached hydrogens (tertiary/aromatic N) is 1. The van der Waals surface area contributed by atoms with Gasteiger partial charge in [0.2, 0.25) is 0 Å². The molecule has 0 aliphatic carbocycles. The maximum atomic E-state index is 12.4. The van der Waals surface area contributed by atoms with E-state index < -0.39 is 0 Å². The molecule has 1 aromatic rings. The average molecular weight is 327 g/mol. The van der Waals surface area contributed by atoms with Gasteiger partial charge in [0.25, 0.3) is 0 Å². The van der Waals surface area contributed by atoms with Crippen molar-refractivity contribution < 1.29 is 14.3 Å². The lowest BCUT2D eigenvalue weighted by molar-refractivity contribution is 0.176. The van der Waals surface area contributed by atoms with Crippen LogP contribution in [0.15, 0.2) is 12.1 Å². The van der Waals surface area contributed by atoms with Crippen LogP contribution in [0.1, 0.15) is 26.2 Å². The molecular formula is C16H23ClN2O3. The molecule has 1 aliphatic rings. The largest absolute Gasteiger partial charge is 0.495 e. The van der Waals surface area contributed by atoms with E-state index >= 15 is 0 Å². The summed E-state index contributed by atoms with van der Waals surface area (Å²) in [6.07, 6.45) is 3.34. The zero-order chi connectivity index (χ0) is 16.1. The number of carbonyl (C=O) groups excluding carboxylic acids is 1. The number of carbonyl (C=O) groups is 1. The molecule has 6 heteroatoms. The number of methoxy groups -OCH3 is 2. The first-order valence-corrected chi connectivity index (χ1v) is 7.94. The second-order valence-electron chi connectivity index (χ2n) is 5.48. The van der Waals surface area contributed by atoms with Crippen LogP contribution in [0.2, 0.25) is 5.02 Å². The number of piperidine rings is 1. The molecule has 0 spiro atoms. The van der Waals surface area contributed by atoms with Crippen molar-refractivity contribution in [2.45, 2.75) is 26.2 Å². The number of hydrogen-bond donors (Lipinski definition) is 1. The molecule has 1 unspecified atom stereocenters. The summed E-state index contributed by atoms with van der Waals surface area (Å²) in [5.74, 6) is 1.63. The van der Waals surface area contributed by atoms with Gasteiger partial charge in [-0.3, -0.25) is 0 Å². The summed E-state index contributed by atoms with van der Waals surface area (Å²) in [5.41, 5.74) is 0.553. The third-order valence-electron chi connectivity index (χ3n) is 4.10. The fraction of sp³-hybridized carbons (Fsp3) is 0.562. The van der Waals surface area contributed by atoms with Crippen LogP contribution < -0.4 is 14.8 Å². The number of amides is 2. The van der Waals surface area contributed by atoms with Crippen LogP contribution in [-0.4, -0.2) is 38.2 Å². The fourth-order valence-electron chi connectivity index (χ4n) is 2.73. The zero-order valence-corrected chi connectivity index (χ0v) is 14.1. The Kier molecular flexibility index (Phi) is 5.77. The Labute approximate surface area is 136 Å². The molecule has 0 radical (unpaired) electrons. The van der Waals surface area contributed by atoms with E-state index in [1.54, 1.807) is 19.2 Å². The number of halogens is 1. The molecule has 1 saturated heterocycles. The second-order valence-corrected chi connectivity index (χ2v) is 5.89. The van der Waals surface area contributed by atoms with Crippen LogP contribution in [-0.2, 0) is 0 Å². The van der Waals surface area contributed by atoms with Crippen molar-refractivity contribution in [3.8, 4) is 11.5 Å². The Balaban J connectivity index is 2.12. The maximum absolute atomic E-state index is 12.4. The molecule has 2 amide bonds. The van der Waals surface area contributed by atoms with E-state index in [-0.39, 0.29) is 6.03 Å². The van der Waals surface area contributed by atoms with Crippen molar-refractivity contribution in [3.63, 3.8) is 0 Å². The predicted molar refractivity (Wildman–Crippen MR) is 88.2 cm³/mol. The maximum Gasteiger partial charge on any atom is 0.321 e. The van der Waals surface area contributed by atoms with Gasteiger partial charge in [0.1, 0.15) is 11.5 Å². The molecule has 22 heavy (non-hydrogen) atoms. The van der Waals surface area contributed by atoms with Gasteiger partial charge in [0, 0.05) is 19.2 Å². The first-order valence-electron chi connectivity index (χ1n) is 7.56. The topological polar surface area (TPSA) is 50.8 Å². The number of ether oxygens (including phenoxy) is 2. The number of benzene rings is 1. The molecule has 5 nitrogen and oxygen atoms in total. The van der Waals surface area contributed by atoms with Gasteiger partial charge in [-0.15, -0.1) is 0 Å². The third kappa shape index (κ3) is 3.77. The van der Waals surface area contributed by atoms with Crippen molar-refractivity contribution in [1.29, 1.82) is 0 Å². The molecule has 0 bridgehead atoms. The number of anilines is 1. The number of urea groups is 1. The molecule has 1 atom stereocenters. The van der Waals surface area contributed by atoms with E-state index in [2.05, 4.69) is 12.2 Å². The third-order valence-corrected chi connectivity index (χ3v) is 4.39. The van der Waals surface area contributed by atoms with Gasteiger partial charge in [-0.05, 0) is 24.8 Å². The summed E-state index contributed by atoms with van der Waals surface area (Å²) in [6.45, 7) is 3.75. The standard InChI is InChI=1S/C16H23ClN2O3/c1-4-11-6-5-7-19(10-11)16(20)18-13-8-12(17)14(21-2)9-15(13)22-3/h8-9,11H,4-7,10H2,1-3H3,(H,18,20). The average Bonchev–Trinajstić information content (AvgIpc) is 2.55. The van der Waals surface area contributed by atoms with Crippen molar-refractivity contribution in [1.82, 2.24) is 4.90 Å². The van der Waals surface area contributed by atoms with E-state index in [0.29, 0.717) is 28.1 Å². The quantitative estimate of drug-likeness (QED) is 0.909. The predicted octanol–water partition coefficient (Wildman–Crippen LogP) is 4.01. The number of likely N-dealkylation sites (tertiary alicyclic amines) is 1. The van der Waals surface area contributed by atoms with Gasteiger partial charge in [-0.2, -0.15) is 0 Å². The second kappa shape index (κ2) is 7.58. The summed E-state index contributed by atoms with van der Waals surface area (Å²) < 4.78 is 10.5. The zero-order valence-electron chi connectivity index (χ0n) is 13.3. The fourth-order valence-corrected chi connectivity index (χ4v) is 2.98. The first-order chi connectivity index (χ1) is 10.6. The number of rotatable bonds is 4. The smallest absolute Gasteiger partial charge is 0.321 e. The number of hydrogen-bond acceptors (Lipinski definition) is 3. The minimum atomic E-state index is -0.113.